The van der Waals surface area contributed by atoms with Gasteiger partial charge in [-0.05, 0) is 76.1 Å². The van der Waals surface area contributed by atoms with Crippen molar-refractivity contribution in [3.8, 4) is 0 Å². The normalized spacial score (nSPS) is 16.0. The number of nitrogens with zero attached hydrogens (tertiary/aromatic N) is 2. The van der Waals surface area contributed by atoms with Crippen LogP contribution in [0.15, 0.2) is 45.9 Å². The van der Waals surface area contributed by atoms with Gasteiger partial charge in [-0.2, -0.15) is 0 Å². The van der Waals surface area contributed by atoms with Crippen LogP contribution in [0.5, 0.6) is 0 Å². The van der Waals surface area contributed by atoms with Gasteiger partial charge in [0.2, 0.25) is 0 Å². The Morgan fingerprint density at radius 3 is 2.58 bits per heavy atom. The molecule has 0 amide bonds. The molecule has 0 aromatic heterocycles. The molecular weight excluding hydrogens is 391 g/mol. The maximum Gasteiger partial charge on any atom is 0.134 e. The third-order valence-electron chi connectivity index (χ3n) is 4.91. The zero-order chi connectivity index (χ0) is 19.1. The molecule has 0 spiro atoms. The fourth-order valence-electron chi connectivity index (χ4n) is 3.69. The quantitative estimate of drug-likeness (QED) is 0.512. The van der Waals surface area contributed by atoms with Crippen molar-refractivity contribution in [2.75, 3.05) is 11.4 Å². The van der Waals surface area contributed by atoms with Gasteiger partial charge in [-0.1, -0.05) is 22.0 Å². The summed E-state index contributed by atoms with van der Waals surface area (Å²) in [6, 6.07) is 9.43. The number of halogens is 2. The predicted molar refractivity (Wildman–Crippen MR) is 113 cm³/mol. The zero-order valence-electron chi connectivity index (χ0n) is 15.9. The molecule has 0 unspecified atom stereocenters. The second-order valence-corrected chi connectivity index (χ2v) is 8.22. The first-order valence-corrected chi connectivity index (χ1v) is 9.63. The molecule has 0 aliphatic carbocycles. The summed E-state index contributed by atoms with van der Waals surface area (Å²) in [5, 5.41) is 0. The first-order chi connectivity index (χ1) is 12.2. The lowest BCUT2D eigenvalue weighted by Gasteiger charge is -2.42. The molecule has 4 heteroatoms. The van der Waals surface area contributed by atoms with Crippen LogP contribution in [0.4, 0.5) is 15.8 Å². The van der Waals surface area contributed by atoms with E-state index < -0.39 is 0 Å². The molecule has 0 N–H and O–H groups in total. The number of hydrogen-bond donors (Lipinski definition) is 0. The largest absolute Gasteiger partial charge is 0.363 e. The van der Waals surface area contributed by atoms with Crippen LogP contribution in [-0.4, -0.2) is 18.3 Å². The molecule has 2 aromatic rings. The molecule has 0 fully saturated rings. The van der Waals surface area contributed by atoms with Crippen LogP contribution >= 0.6 is 15.9 Å². The maximum absolute atomic E-state index is 14.8. The van der Waals surface area contributed by atoms with Gasteiger partial charge in [0.1, 0.15) is 5.82 Å². The highest BCUT2D eigenvalue weighted by Gasteiger charge is 2.30. The fourth-order valence-corrected chi connectivity index (χ4v) is 4.17. The van der Waals surface area contributed by atoms with Crippen molar-refractivity contribution in [1.29, 1.82) is 0 Å². The van der Waals surface area contributed by atoms with Crippen molar-refractivity contribution in [3.63, 3.8) is 0 Å². The fraction of sp³-hybridized carbons (Fsp3) is 0.318. The Morgan fingerprint density at radius 1 is 1.19 bits per heavy atom. The summed E-state index contributed by atoms with van der Waals surface area (Å²) < 4.78 is 15.8. The Balaban J connectivity index is 2.04. The summed E-state index contributed by atoms with van der Waals surface area (Å²) in [5.41, 5.74) is 5.47. The van der Waals surface area contributed by atoms with Crippen molar-refractivity contribution in [2.24, 2.45) is 4.99 Å². The molecule has 1 heterocycles. The van der Waals surface area contributed by atoms with Crippen molar-refractivity contribution >= 4 is 39.1 Å². The van der Waals surface area contributed by atoms with Crippen LogP contribution in [0.3, 0.4) is 0 Å². The molecule has 1 aliphatic heterocycles. The molecule has 0 radical (unpaired) electrons. The van der Waals surface area contributed by atoms with E-state index >= 15 is 0 Å². The molecule has 0 atom stereocenters. The first kappa shape index (κ1) is 18.8. The molecule has 1 aliphatic rings. The number of aryl methyl sites for hydroxylation is 1. The Labute approximate surface area is 163 Å². The van der Waals surface area contributed by atoms with Gasteiger partial charge in [0.05, 0.1) is 11.2 Å². The van der Waals surface area contributed by atoms with E-state index in [0.29, 0.717) is 5.56 Å². The summed E-state index contributed by atoms with van der Waals surface area (Å²) in [4.78, 5) is 6.74. The molecule has 2 aromatic carbocycles. The van der Waals surface area contributed by atoms with Gasteiger partial charge in [-0.15, -0.1) is 0 Å². The molecule has 136 valence electrons. The Hall–Kier alpha value is -1.94. The Kier molecular flexibility index (Phi) is 5.07. The third kappa shape index (κ3) is 3.48. The zero-order valence-corrected chi connectivity index (χ0v) is 17.5. The average molecular weight is 415 g/mol. The minimum atomic E-state index is -0.244. The summed E-state index contributed by atoms with van der Waals surface area (Å²) in [6.45, 7) is 11.3. The number of aliphatic imine (C=N–C) groups is 1. The topological polar surface area (TPSA) is 15.6 Å². The lowest BCUT2D eigenvalue weighted by atomic mass is 9.88. The second-order valence-electron chi connectivity index (χ2n) is 7.31. The number of benzene rings is 2. The lowest BCUT2D eigenvalue weighted by Crippen LogP contribution is -2.45. The number of allylic oxidation sites excluding steroid dienone is 1. The van der Waals surface area contributed by atoms with E-state index in [1.165, 1.54) is 5.57 Å². The SMILES string of the molecule is CCN1c2cc(F)c(C=Nc3ccc(Br)cc3C)cc2C(C)=CC1(C)C. The van der Waals surface area contributed by atoms with Crippen molar-refractivity contribution < 1.29 is 4.39 Å². The summed E-state index contributed by atoms with van der Waals surface area (Å²) in [6.07, 6.45) is 3.87. The lowest BCUT2D eigenvalue weighted by molar-refractivity contribution is 0.561. The van der Waals surface area contributed by atoms with Gasteiger partial charge in [0.25, 0.3) is 0 Å². The highest BCUT2D eigenvalue weighted by Crippen LogP contribution is 2.39. The molecule has 26 heavy (non-hydrogen) atoms. The van der Waals surface area contributed by atoms with Gasteiger partial charge >= 0.3 is 0 Å². The summed E-state index contributed by atoms with van der Waals surface area (Å²) in [7, 11) is 0. The van der Waals surface area contributed by atoms with Crippen LogP contribution in [0.1, 0.15) is 44.4 Å². The smallest absolute Gasteiger partial charge is 0.134 e. The highest BCUT2D eigenvalue weighted by atomic mass is 79.9. The van der Waals surface area contributed by atoms with Gasteiger partial charge in [-0.3, -0.25) is 4.99 Å². The first-order valence-electron chi connectivity index (χ1n) is 8.84. The predicted octanol–water partition coefficient (Wildman–Crippen LogP) is 6.67. The number of likely N-dealkylation sites (N-methyl/N-ethyl adjacent to an activating group) is 1. The summed E-state index contributed by atoms with van der Waals surface area (Å²) in [5.74, 6) is -0.244. The van der Waals surface area contributed by atoms with Crippen molar-refractivity contribution in [1.82, 2.24) is 0 Å². The van der Waals surface area contributed by atoms with Gasteiger partial charge in [-0.25, -0.2) is 4.39 Å². The van der Waals surface area contributed by atoms with Gasteiger partial charge < -0.3 is 4.90 Å². The van der Waals surface area contributed by atoms with Crippen molar-refractivity contribution in [2.45, 2.75) is 40.2 Å². The third-order valence-corrected chi connectivity index (χ3v) is 5.41. The maximum atomic E-state index is 14.8. The van der Waals surface area contributed by atoms with E-state index in [9.17, 15) is 4.39 Å². The number of fused-ring (bicyclic) bond motifs is 1. The van der Waals surface area contributed by atoms with Crippen LogP contribution in [-0.2, 0) is 0 Å². The molecule has 0 saturated carbocycles. The molecule has 2 nitrogen and oxygen atoms in total. The van der Waals surface area contributed by atoms with Crippen LogP contribution in [0.2, 0.25) is 0 Å². The number of hydrogen-bond acceptors (Lipinski definition) is 2. The Bertz CT molecular complexity index is 913. The average Bonchev–Trinajstić information content (AvgIpc) is 2.54. The molecular formula is C22H24BrFN2. The van der Waals surface area contributed by atoms with Crippen LogP contribution in [0.25, 0.3) is 5.57 Å². The number of anilines is 1. The minimum absolute atomic E-state index is 0.123. The molecule has 0 saturated heterocycles. The monoisotopic (exact) mass is 414 g/mol. The number of rotatable bonds is 3. The van der Waals surface area contributed by atoms with E-state index in [-0.39, 0.29) is 11.4 Å². The minimum Gasteiger partial charge on any atom is -0.363 e. The second kappa shape index (κ2) is 6.99. The highest BCUT2D eigenvalue weighted by molar-refractivity contribution is 9.10. The van der Waals surface area contributed by atoms with E-state index in [1.54, 1.807) is 12.3 Å². The van der Waals surface area contributed by atoms with Gasteiger partial charge in [0, 0.05) is 34.0 Å². The van der Waals surface area contributed by atoms with Crippen LogP contribution < -0.4 is 4.90 Å². The summed E-state index contributed by atoms with van der Waals surface area (Å²) >= 11 is 3.45. The van der Waals surface area contributed by atoms with E-state index in [0.717, 1.165) is 33.5 Å². The van der Waals surface area contributed by atoms with E-state index in [4.69, 9.17) is 0 Å². The van der Waals surface area contributed by atoms with Crippen molar-refractivity contribution in [3.05, 3.63) is 63.4 Å². The standard InChI is InChI=1S/C22H24BrFN2/c1-6-26-21-11-19(24)16(10-18(21)15(3)12-22(26,4)5)13-25-20-8-7-17(23)9-14(20)2/h7-13H,6H2,1-5H3. The Morgan fingerprint density at radius 2 is 1.92 bits per heavy atom. The van der Waals surface area contributed by atoms with E-state index in [1.807, 2.05) is 31.2 Å². The van der Waals surface area contributed by atoms with E-state index in [2.05, 4.69) is 59.6 Å². The van der Waals surface area contributed by atoms with Gasteiger partial charge in [0.15, 0.2) is 0 Å². The molecule has 3 rings (SSSR count). The van der Waals surface area contributed by atoms with Crippen LogP contribution in [0, 0.1) is 12.7 Å². The molecule has 0 bridgehead atoms.